The van der Waals surface area contributed by atoms with E-state index in [0.29, 0.717) is 25.3 Å². The fraction of sp³-hybridized carbons (Fsp3) is 0.389. The number of carbonyl (C=O) groups is 2. The number of nitrogens with zero attached hydrogens (tertiary/aromatic N) is 3. The molecule has 1 saturated heterocycles. The summed E-state index contributed by atoms with van der Waals surface area (Å²) in [6.45, 7) is 4.32. The summed E-state index contributed by atoms with van der Waals surface area (Å²) in [4.78, 5) is 28.3. The fourth-order valence-electron chi connectivity index (χ4n) is 3.12. The van der Waals surface area contributed by atoms with Gasteiger partial charge < -0.3 is 14.3 Å². The van der Waals surface area contributed by atoms with E-state index in [-0.39, 0.29) is 28.1 Å². The number of likely N-dealkylation sites (N-methyl/N-ethyl adjacent to an activating group) is 1. The van der Waals surface area contributed by atoms with E-state index >= 15 is 0 Å². The van der Waals surface area contributed by atoms with Gasteiger partial charge in [0.1, 0.15) is 11.8 Å². The summed E-state index contributed by atoms with van der Waals surface area (Å²) >= 11 is 0. The Labute approximate surface area is 163 Å². The van der Waals surface area contributed by atoms with Crippen molar-refractivity contribution in [3.63, 3.8) is 0 Å². The van der Waals surface area contributed by atoms with Gasteiger partial charge in [0.05, 0.1) is 4.90 Å². The number of amides is 2. The van der Waals surface area contributed by atoms with Crippen LogP contribution in [0.1, 0.15) is 29.5 Å². The van der Waals surface area contributed by atoms with Crippen molar-refractivity contribution in [2.75, 3.05) is 24.9 Å². The van der Waals surface area contributed by atoms with E-state index in [9.17, 15) is 18.0 Å². The van der Waals surface area contributed by atoms with Crippen molar-refractivity contribution < 1.29 is 22.5 Å². The van der Waals surface area contributed by atoms with Crippen LogP contribution in [0.3, 0.4) is 0 Å². The minimum absolute atomic E-state index is 0.0601. The highest BCUT2D eigenvalue weighted by Gasteiger charge is 2.35. The molecule has 0 radical (unpaired) electrons. The van der Waals surface area contributed by atoms with Crippen LogP contribution >= 0.6 is 0 Å². The first kappa shape index (κ1) is 19.9. The van der Waals surface area contributed by atoms with Gasteiger partial charge in [0.2, 0.25) is 5.91 Å². The lowest BCUT2D eigenvalue weighted by atomic mass is 10.1. The topological polar surface area (TPSA) is 113 Å². The van der Waals surface area contributed by atoms with Crippen LogP contribution in [0.25, 0.3) is 0 Å². The molecule has 9 nitrogen and oxygen atoms in total. The number of sulfonamides is 1. The van der Waals surface area contributed by atoms with Crippen molar-refractivity contribution in [1.29, 1.82) is 0 Å². The molecule has 1 atom stereocenters. The summed E-state index contributed by atoms with van der Waals surface area (Å²) < 4.78 is 32.4. The van der Waals surface area contributed by atoms with Crippen LogP contribution in [0.5, 0.6) is 0 Å². The third kappa shape index (κ3) is 3.86. The Morgan fingerprint density at radius 1 is 1.32 bits per heavy atom. The zero-order chi connectivity index (χ0) is 20.5. The second kappa shape index (κ2) is 7.63. The van der Waals surface area contributed by atoms with Crippen LogP contribution in [-0.4, -0.2) is 61.4 Å². The van der Waals surface area contributed by atoms with E-state index in [1.807, 2.05) is 6.92 Å². The summed E-state index contributed by atoms with van der Waals surface area (Å²) in [5.41, 5.74) is 0.204. The number of carbonyl (C=O) groups excluding carboxylic acids is 2. The number of nitrogens with one attached hydrogen (secondary N) is 1. The molecule has 2 aromatic rings. The highest BCUT2D eigenvalue weighted by atomic mass is 32.2. The van der Waals surface area contributed by atoms with Gasteiger partial charge >= 0.3 is 0 Å². The number of rotatable bonds is 5. The molecule has 0 bridgehead atoms. The first-order valence-electron chi connectivity index (χ1n) is 8.85. The summed E-state index contributed by atoms with van der Waals surface area (Å²) in [5.74, 6) is 0.0356. The minimum Gasteiger partial charge on any atom is -0.360 e. The largest absolute Gasteiger partial charge is 0.360 e. The molecule has 2 heterocycles. The molecular weight excluding hydrogens is 384 g/mol. The van der Waals surface area contributed by atoms with E-state index in [2.05, 4.69) is 9.88 Å². The number of aryl methyl sites for hydroxylation is 1. The standard InChI is InChI=1S/C18H22N4O5S/c1-4-15-18(24)21(3)8-9-22(15)17(23)13-6-5-7-14(11-13)28(25,26)20-16-10-12(2)27-19-16/h5-7,10-11,15H,4,8-9H2,1-3H3,(H,19,20). The number of anilines is 1. The lowest BCUT2D eigenvalue weighted by Crippen LogP contribution is -2.57. The molecule has 2 amide bonds. The van der Waals surface area contributed by atoms with E-state index in [4.69, 9.17) is 4.52 Å². The van der Waals surface area contributed by atoms with Gasteiger partial charge in [-0.2, -0.15) is 0 Å². The Morgan fingerprint density at radius 3 is 2.71 bits per heavy atom. The molecule has 28 heavy (non-hydrogen) atoms. The molecule has 150 valence electrons. The Kier molecular flexibility index (Phi) is 5.41. The van der Waals surface area contributed by atoms with Crippen LogP contribution in [0.2, 0.25) is 0 Å². The van der Waals surface area contributed by atoms with Gasteiger partial charge in [-0.1, -0.05) is 18.1 Å². The minimum atomic E-state index is -3.94. The van der Waals surface area contributed by atoms with Crippen molar-refractivity contribution in [1.82, 2.24) is 15.0 Å². The Balaban J connectivity index is 1.86. The normalized spacial score (nSPS) is 17.7. The number of piperazine rings is 1. The molecule has 0 spiro atoms. The highest BCUT2D eigenvalue weighted by molar-refractivity contribution is 7.92. The molecule has 1 aromatic heterocycles. The zero-order valence-corrected chi connectivity index (χ0v) is 16.7. The van der Waals surface area contributed by atoms with E-state index in [1.54, 1.807) is 18.9 Å². The smallest absolute Gasteiger partial charge is 0.263 e. The second-order valence-electron chi connectivity index (χ2n) is 6.64. The van der Waals surface area contributed by atoms with Gasteiger partial charge in [0, 0.05) is 31.8 Å². The second-order valence-corrected chi connectivity index (χ2v) is 8.32. The van der Waals surface area contributed by atoms with Gasteiger partial charge in [0.25, 0.3) is 15.9 Å². The van der Waals surface area contributed by atoms with Crippen LogP contribution in [-0.2, 0) is 14.8 Å². The number of hydrogen-bond acceptors (Lipinski definition) is 6. The van der Waals surface area contributed by atoms with Gasteiger partial charge in [-0.15, -0.1) is 0 Å². The number of aromatic nitrogens is 1. The average molecular weight is 406 g/mol. The van der Waals surface area contributed by atoms with E-state index in [1.165, 1.54) is 35.2 Å². The van der Waals surface area contributed by atoms with Crippen LogP contribution < -0.4 is 4.72 Å². The maximum absolute atomic E-state index is 13.0. The zero-order valence-electron chi connectivity index (χ0n) is 15.9. The maximum atomic E-state index is 13.0. The molecule has 1 aliphatic heterocycles. The fourth-order valence-corrected chi connectivity index (χ4v) is 4.15. The summed E-state index contributed by atoms with van der Waals surface area (Å²) in [6, 6.07) is 6.62. The van der Waals surface area contributed by atoms with Gasteiger partial charge in [-0.05, 0) is 31.5 Å². The van der Waals surface area contributed by atoms with Crippen LogP contribution in [0.15, 0.2) is 39.8 Å². The summed E-state index contributed by atoms with van der Waals surface area (Å²) in [7, 11) is -2.24. The van der Waals surface area contributed by atoms with Crippen LogP contribution in [0, 0.1) is 6.92 Å². The summed E-state index contributed by atoms with van der Waals surface area (Å²) in [6.07, 6.45) is 0.486. The molecule has 1 fully saturated rings. The lowest BCUT2D eigenvalue weighted by molar-refractivity contribution is -0.138. The van der Waals surface area contributed by atoms with E-state index in [0.717, 1.165) is 0 Å². The van der Waals surface area contributed by atoms with Crippen molar-refractivity contribution in [3.05, 3.63) is 41.7 Å². The van der Waals surface area contributed by atoms with Gasteiger partial charge in [0.15, 0.2) is 5.82 Å². The van der Waals surface area contributed by atoms with Crippen molar-refractivity contribution in [3.8, 4) is 0 Å². The predicted octanol–water partition coefficient (Wildman–Crippen LogP) is 1.48. The maximum Gasteiger partial charge on any atom is 0.263 e. The van der Waals surface area contributed by atoms with Crippen molar-refractivity contribution >= 4 is 27.7 Å². The highest BCUT2D eigenvalue weighted by Crippen LogP contribution is 2.21. The van der Waals surface area contributed by atoms with Crippen molar-refractivity contribution in [2.24, 2.45) is 0 Å². The third-order valence-electron chi connectivity index (χ3n) is 4.62. The molecule has 10 heteroatoms. The van der Waals surface area contributed by atoms with Gasteiger partial charge in [-0.25, -0.2) is 8.42 Å². The molecule has 1 aromatic carbocycles. The van der Waals surface area contributed by atoms with E-state index < -0.39 is 16.1 Å². The molecule has 3 rings (SSSR count). The number of hydrogen-bond donors (Lipinski definition) is 1. The molecule has 0 aliphatic carbocycles. The van der Waals surface area contributed by atoms with Crippen LogP contribution in [0.4, 0.5) is 5.82 Å². The molecule has 1 aliphatic rings. The monoisotopic (exact) mass is 406 g/mol. The predicted molar refractivity (Wildman–Crippen MR) is 101 cm³/mol. The Morgan fingerprint density at radius 2 is 2.07 bits per heavy atom. The van der Waals surface area contributed by atoms with Gasteiger partial charge in [-0.3, -0.25) is 14.3 Å². The third-order valence-corrected chi connectivity index (χ3v) is 5.97. The molecular formula is C18H22N4O5S. The Bertz CT molecular complexity index is 1000. The first-order chi connectivity index (χ1) is 13.2. The molecule has 1 N–H and O–H groups in total. The SMILES string of the molecule is CCC1C(=O)N(C)CCN1C(=O)c1cccc(S(=O)(=O)Nc2cc(C)on2)c1. The summed E-state index contributed by atoms with van der Waals surface area (Å²) in [5, 5.41) is 3.61. The quantitative estimate of drug-likeness (QED) is 0.805. The molecule has 1 unspecified atom stereocenters. The lowest BCUT2D eigenvalue weighted by Gasteiger charge is -2.38. The van der Waals surface area contributed by atoms with Crippen molar-refractivity contribution in [2.45, 2.75) is 31.2 Å². The average Bonchev–Trinajstić information content (AvgIpc) is 3.07. The Hall–Kier alpha value is -2.88. The first-order valence-corrected chi connectivity index (χ1v) is 10.3. The molecule has 0 saturated carbocycles. The number of benzene rings is 1.